The Balaban J connectivity index is 1.80. The van der Waals surface area contributed by atoms with E-state index in [1.165, 1.54) is 27.4 Å². The number of hydrogen-bond donors (Lipinski definition) is 0. The molecule has 0 N–H and O–H groups in total. The molecule has 0 saturated carbocycles. The number of nitrogens with zero attached hydrogens (tertiary/aromatic N) is 2. The Bertz CT molecular complexity index is 877. The number of Topliss-reactive ketones (excluding diaryl/α,β-unsaturated/α-hetero) is 1. The average Bonchev–Trinajstić information content (AvgIpc) is 2.66. The van der Waals surface area contributed by atoms with Gasteiger partial charge in [-0.2, -0.15) is 0 Å². The van der Waals surface area contributed by atoms with Gasteiger partial charge in [-0.3, -0.25) is 9.69 Å². The van der Waals surface area contributed by atoms with Crippen molar-refractivity contribution in [2.75, 3.05) is 33.2 Å². The Hall–Kier alpha value is -1.75. The summed E-state index contributed by atoms with van der Waals surface area (Å²) in [6.45, 7) is 16.9. The van der Waals surface area contributed by atoms with Gasteiger partial charge in [0.05, 0.1) is 8.07 Å². The van der Waals surface area contributed by atoms with Gasteiger partial charge < -0.3 is 4.90 Å². The topological polar surface area (TPSA) is 23.6 Å². The second-order valence-corrected chi connectivity index (χ2v) is 14.8. The van der Waals surface area contributed by atoms with Crippen molar-refractivity contribution in [3.8, 4) is 0 Å². The maximum Gasteiger partial charge on any atom is 0.167 e. The second kappa shape index (κ2) is 8.95. The van der Waals surface area contributed by atoms with E-state index in [1.54, 1.807) is 0 Å². The Morgan fingerprint density at radius 1 is 0.931 bits per heavy atom. The molecule has 1 fully saturated rings. The van der Waals surface area contributed by atoms with Crippen LogP contribution in [0.1, 0.15) is 32.6 Å². The van der Waals surface area contributed by atoms with Crippen LogP contribution in [-0.4, -0.2) is 56.9 Å². The van der Waals surface area contributed by atoms with E-state index < -0.39 is 8.07 Å². The van der Waals surface area contributed by atoms with Crippen LogP contribution in [0.15, 0.2) is 36.4 Å². The SMILES string of the molecule is Cc1ccc(C(=O)Cc2ccc(CN3CCN(C)CC3)cc2[Si](C)(C)C)cc1C. The van der Waals surface area contributed by atoms with E-state index in [2.05, 4.69) is 74.6 Å². The molecule has 0 atom stereocenters. The maximum absolute atomic E-state index is 13.0. The van der Waals surface area contributed by atoms with Gasteiger partial charge in [0.25, 0.3) is 0 Å². The van der Waals surface area contributed by atoms with Gasteiger partial charge in [0.2, 0.25) is 0 Å². The molecule has 0 radical (unpaired) electrons. The van der Waals surface area contributed by atoms with Gasteiger partial charge in [0, 0.05) is 44.7 Å². The fraction of sp³-hybridized carbons (Fsp3) is 0.480. The van der Waals surface area contributed by atoms with Gasteiger partial charge in [-0.15, -0.1) is 0 Å². The first-order valence-electron chi connectivity index (χ1n) is 10.8. The first-order chi connectivity index (χ1) is 13.6. The van der Waals surface area contributed by atoms with E-state index in [-0.39, 0.29) is 5.78 Å². The van der Waals surface area contributed by atoms with Crippen molar-refractivity contribution in [3.05, 3.63) is 64.2 Å². The summed E-state index contributed by atoms with van der Waals surface area (Å²) in [5.74, 6) is 0.222. The van der Waals surface area contributed by atoms with Gasteiger partial charge in [0.1, 0.15) is 0 Å². The lowest BCUT2D eigenvalue weighted by Gasteiger charge is -2.32. The normalized spacial score (nSPS) is 16.2. The van der Waals surface area contributed by atoms with Crippen LogP contribution < -0.4 is 5.19 Å². The van der Waals surface area contributed by atoms with E-state index in [1.807, 2.05) is 12.1 Å². The number of rotatable bonds is 6. The molecule has 0 spiro atoms. The Morgan fingerprint density at radius 3 is 2.24 bits per heavy atom. The van der Waals surface area contributed by atoms with Crippen molar-refractivity contribution >= 4 is 19.0 Å². The molecule has 156 valence electrons. The number of piperazine rings is 1. The highest BCUT2D eigenvalue weighted by Gasteiger charge is 2.23. The maximum atomic E-state index is 13.0. The summed E-state index contributed by atoms with van der Waals surface area (Å²) < 4.78 is 0. The zero-order chi connectivity index (χ0) is 21.2. The van der Waals surface area contributed by atoms with E-state index in [4.69, 9.17) is 0 Å². The zero-order valence-electron chi connectivity index (χ0n) is 19.0. The average molecular weight is 409 g/mol. The smallest absolute Gasteiger partial charge is 0.167 e. The van der Waals surface area contributed by atoms with Crippen LogP contribution in [0.2, 0.25) is 19.6 Å². The minimum atomic E-state index is -1.55. The fourth-order valence-corrected chi connectivity index (χ4v) is 5.78. The fourth-order valence-electron chi connectivity index (χ4n) is 4.03. The van der Waals surface area contributed by atoms with E-state index in [0.29, 0.717) is 6.42 Å². The third kappa shape index (κ3) is 5.65. The number of likely N-dealkylation sites (N-methyl/N-ethyl adjacent to an activating group) is 1. The van der Waals surface area contributed by atoms with Crippen LogP contribution in [0.5, 0.6) is 0 Å². The third-order valence-electron chi connectivity index (χ3n) is 6.16. The molecular formula is C25H36N2OSi. The van der Waals surface area contributed by atoms with Crippen molar-refractivity contribution in [1.29, 1.82) is 0 Å². The first-order valence-corrected chi connectivity index (χ1v) is 14.3. The molecule has 0 amide bonds. The molecule has 0 bridgehead atoms. The summed E-state index contributed by atoms with van der Waals surface area (Å²) in [7, 11) is 0.644. The zero-order valence-corrected chi connectivity index (χ0v) is 20.0. The summed E-state index contributed by atoms with van der Waals surface area (Å²) in [4.78, 5) is 17.9. The predicted octanol–water partition coefficient (Wildman–Crippen LogP) is 4.02. The van der Waals surface area contributed by atoms with Gasteiger partial charge in [-0.05, 0) is 49.2 Å². The summed E-state index contributed by atoms with van der Waals surface area (Å²) in [5.41, 5.74) is 5.85. The second-order valence-electron chi connectivity index (χ2n) is 9.72. The standard InChI is InChI=1S/C25H36N2OSi/c1-19-7-9-22(15-20(19)2)24(28)17-23-10-8-21(16-25(23)29(4,5)6)18-27-13-11-26(3)12-14-27/h7-10,15-16H,11-14,17-18H2,1-6H3. The van der Waals surface area contributed by atoms with Crippen LogP contribution in [0, 0.1) is 13.8 Å². The van der Waals surface area contributed by atoms with Gasteiger partial charge in [0.15, 0.2) is 5.78 Å². The van der Waals surface area contributed by atoms with Crippen LogP contribution in [-0.2, 0) is 13.0 Å². The summed E-state index contributed by atoms with van der Waals surface area (Å²) >= 11 is 0. The number of carbonyl (C=O) groups is 1. The molecule has 1 heterocycles. The quantitative estimate of drug-likeness (QED) is 0.533. The Labute approximate surface area is 177 Å². The van der Waals surface area contributed by atoms with Crippen molar-refractivity contribution in [2.24, 2.45) is 0 Å². The molecule has 3 rings (SSSR count). The minimum Gasteiger partial charge on any atom is -0.304 e. The van der Waals surface area contributed by atoms with Crippen molar-refractivity contribution in [3.63, 3.8) is 0 Å². The molecule has 0 unspecified atom stereocenters. The van der Waals surface area contributed by atoms with Gasteiger partial charge in [-0.1, -0.05) is 55.2 Å². The number of hydrogen-bond acceptors (Lipinski definition) is 3. The minimum absolute atomic E-state index is 0.222. The molecule has 0 aromatic heterocycles. The van der Waals surface area contributed by atoms with Gasteiger partial charge in [-0.25, -0.2) is 0 Å². The lowest BCUT2D eigenvalue weighted by atomic mass is 9.98. The highest BCUT2D eigenvalue weighted by atomic mass is 28.3. The molecule has 1 aliphatic rings. The molecule has 4 heteroatoms. The lowest BCUT2D eigenvalue weighted by molar-refractivity contribution is 0.0993. The molecule has 2 aromatic rings. The number of aryl methyl sites for hydroxylation is 2. The molecule has 1 saturated heterocycles. The van der Waals surface area contributed by atoms with Crippen molar-refractivity contribution in [2.45, 2.75) is 46.5 Å². The number of carbonyl (C=O) groups excluding carboxylic acids is 1. The number of benzene rings is 2. The first kappa shape index (κ1) is 21.9. The molecular weight excluding hydrogens is 372 g/mol. The van der Waals surface area contributed by atoms with Crippen LogP contribution in [0.3, 0.4) is 0 Å². The predicted molar refractivity (Wildman–Crippen MR) is 126 cm³/mol. The van der Waals surface area contributed by atoms with Crippen LogP contribution in [0.25, 0.3) is 0 Å². The molecule has 2 aromatic carbocycles. The Morgan fingerprint density at radius 2 is 1.62 bits per heavy atom. The van der Waals surface area contributed by atoms with Crippen LogP contribution in [0.4, 0.5) is 0 Å². The summed E-state index contributed by atoms with van der Waals surface area (Å²) in [5, 5.41) is 1.43. The van der Waals surface area contributed by atoms with Crippen LogP contribution >= 0.6 is 0 Å². The Kier molecular flexibility index (Phi) is 6.77. The lowest BCUT2D eigenvalue weighted by Crippen LogP contribution is -2.44. The number of ketones is 1. The monoisotopic (exact) mass is 408 g/mol. The largest absolute Gasteiger partial charge is 0.304 e. The van der Waals surface area contributed by atoms with E-state index in [0.717, 1.165) is 38.3 Å². The third-order valence-corrected chi connectivity index (χ3v) is 8.25. The highest BCUT2D eigenvalue weighted by Crippen LogP contribution is 2.17. The van der Waals surface area contributed by atoms with E-state index >= 15 is 0 Å². The van der Waals surface area contributed by atoms with Gasteiger partial charge >= 0.3 is 0 Å². The molecule has 3 nitrogen and oxygen atoms in total. The molecule has 0 aliphatic carbocycles. The highest BCUT2D eigenvalue weighted by molar-refractivity contribution is 6.89. The molecule has 1 aliphatic heterocycles. The van der Waals surface area contributed by atoms with E-state index in [9.17, 15) is 4.79 Å². The molecule has 29 heavy (non-hydrogen) atoms. The van der Waals surface area contributed by atoms with Crippen molar-refractivity contribution < 1.29 is 4.79 Å². The summed E-state index contributed by atoms with van der Waals surface area (Å²) in [6.07, 6.45) is 0.497. The summed E-state index contributed by atoms with van der Waals surface area (Å²) in [6, 6.07) is 12.9. The van der Waals surface area contributed by atoms with Crippen molar-refractivity contribution in [1.82, 2.24) is 9.80 Å².